The number of aryl methyl sites for hydroxylation is 1. The van der Waals surface area contributed by atoms with Crippen LogP contribution in [0.3, 0.4) is 0 Å². The van der Waals surface area contributed by atoms with Crippen LogP contribution in [-0.2, 0) is 18.4 Å². The van der Waals surface area contributed by atoms with E-state index in [1.807, 2.05) is 0 Å². The summed E-state index contributed by atoms with van der Waals surface area (Å²) in [6.07, 6.45) is 1.74. The zero-order valence-corrected chi connectivity index (χ0v) is 9.25. The van der Waals surface area contributed by atoms with E-state index in [1.54, 1.807) is 24.0 Å². The fraction of sp³-hybridized carbons (Fsp3) is 0.444. The maximum absolute atomic E-state index is 11.2. The van der Waals surface area contributed by atoms with E-state index in [0.29, 0.717) is 5.82 Å². The van der Waals surface area contributed by atoms with Crippen LogP contribution in [0.2, 0.25) is 0 Å². The van der Waals surface area contributed by atoms with Gasteiger partial charge in [0.2, 0.25) is 0 Å². The van der Waals surface area contributed by atoms with Crippen LogP contribution < -0.4 is 10.6 Å². The smallest absolute Gasteiger partial charge is 0.334 e. The summed E-state index contributed by atoms with van der Waals surface area (Å²) in [4.78, 5) is 25.5. The molecule has 0 bridgehead atoms. The number of aliphatic hydroxyl groups excluding tert-OH is 1. The molecular weight excluding hydrogens is 228 g/mol. The van der Waals surface area contributed by atoms with Gasteiger partial charge in [-0.05, 0) is 0 Å². The lowest BCUT2D eigenvalue weighted by Crippen LogP contribution is -2.42. The summed E-state index contributed by atoms with van der Waals surface area (Å²) >= 11 is 0. The standard InChI is InChI=1S/C9H14N4O4/c1-13-3-2-10-7(13)5-12-9(17)11-4-6(14)8(15)16/h2-3,6,14H,4-5H2,1H3,(H,15,16)(H2,11,12,17). The number of carboxylic acids is 1. The van der Waals surface area contributed by atoms with E-state index in [4.69, 9.17) is 10.2 Å². The van der Waals surface area contributed by atoms with Crippen LogP contribution in [0.1, 0.15) is 5.82 Å². The monoisotopic (exact) mass is 242 g/mol. The molecule has 0 aliphatic rings. The third kappa shape index (κ3) is 4.11. The van der Waals surface area contributed by atoms with Crippen molar-refractivity contribution in [1.29, 1.82) is 0 Å². The van der Waals surface area contributed by atoms with E-state index >= 15 is 0 Å². The number of nitrogens with zero attached hydrogens (tertiary/aromatic N) is 2. The fourth-order valence-corrected chi connectivity index (χ4v) is 1.07. The molecule has 17 heavy (non-hydrogen) atoms. The Hall–Kier alpha value is -2.09. The molecule has 2 amide bonds. The van der Waals surface area contributed by atoms with Gasteiger partial charge >= 0.3 is 12.0 Å². The Kier molecular flexibility index (Phi) is 4.46. The number of amides is 2. The molecule has 8 nitrogen and oxygen atoms in total. The molecule has 0 aromatic carbocycles. The number of aromatic nitrogens is 2. The number of carbonyl (C=O) groups is 2. The molecule has 0 saturated heterocycles. The molecule has 0 saturated carbocycles. The summed E-state index contributed by atoms with van der Waals surface area (Å²) in [7, 11) is 1.79. The lowest BCUT2D eigenvalue weighted by atomic mass is 10.4. The molecule has 0 aliphatic carbocycles. The molecule has 1 aromatic rings. The van der Waals surface area contributed by atoms with E-state index in [2.05, 4.69) is 15.6 Å². The number of aliphatic hydroxyl groups is 1. The molecule has 0 spiro atoms. The second-order valence-corrected chi connectivity index (χ2v) is 3.37. The van der Waals surface area contributed by atoms with Gasteiger partial charge in [0.25, 0.3) is 0 Å². The van der Waals surface area contributed by atoms with Crippen LogP contribution in [-0.4, -0.2) is 44.4 Å². The first-order valence-electron chi connectivity index (χ1n) is 4.89. The third-order valence-electron chi connectivity index (χ3n) is 2.07. The highest BCUT2D eigenvalue weighted by atomic mass is 16.4. The number of imidazole rings is 1. The Morgan fingerprint density at radius 2 is 2.24 bits per heavy atom. The predicted octanol–water partition coefficient (Wildman–Crippen LogP) is -1.34. The zero-order valence-electron chi connectivity index (χ0n) is 9.25. The van der Waals surface area contributed by atoms with Gasteiger partial charge in [0.05, 0.1) is 13.1 Å². The number of hydrogen-bond acceptors (Lipinski definition) is 4. The summed E-state index contributed by atoms with van der Waals surface area (Å²) in [6.45, 7) is -0.125. The predicted molar refractivity (Wildman–Crippen MR) is 57.1 cm³/mol. The SMILES string of the molecule is Cn1ccnc1CNC(=O)NCC(O)C(=O)O. The van der Waals surface area contributed by atoms with Crippen LogP contribution >= 0.6 is 0 Å². The molecular formula is C9H14N4O4. The Balaban J connectivity index is 2.27. The molecule has 94 valence electrons. The molecule has 1 atom stereocenters. The van der Waals surface area contributed by atoms with Crippen molar-refractivity contribution in [3.05, 3.63) is 18.2 Å². The third-order valence-corrected chi connectivity index (χ3v) is 2.07. The summed E-state index contributed by atoms with van der Waals surface area (Å²) in [5.41, 5.74) is 0. The maximum Gasteiger partial charge on any atom is 0.334 e. The van der Waals surface area contributed by atoms with Gasteiger partial charge in [0.1, 0.15) is 5.82 Å². The van der Waals surface area contributed by atoms with Gasteiger partial charge in [0, 0.05) is 19.4 Å². The fourth-order valence-electron chi connectivity index (χ4n) is 1.07. The number of aliphatic carboxylic acids is 1. The van der Waals surface area contributed by atoms with Gasteiger partial charge in [-0.2, -0.15) is 0 Å². The minimum Gasteiger partial charge on any atom is -0.479 e. The van der Waals surface area contributed by atoms with Crippen LogP contribution in [0, 0.1) is 0 Å². The first kappa shape index (κ1) is 13.0. The molecule has 4 N–H and O–H groups in total. The van der Waals surface area contributed by atoms with Crippen molar-refractivity contribution < 1.29 is 19.8 Å². The van der Waals surface area contributed by atoms with Crippen molar-refractivity contribution in [2.24, 2.45) is 7.05 Å². The topological polar surface area (TPSA) is 116 Å². The van der Waals surface area contributed by atoms with Crippen molar-refractivity contribution in [2.45, 2.75) is 12.6 Å². The number of carbonyl (C=O) groups excluding carboxylic acids is 1. The molecule has 0 radical (unpaired) electrons. The Bertz CT molecular complexity index is 403. The van der Waals surface area contributed by atoms with Gasteiger partial charge in [-0.15, -0.1) is 0 Å². The molecule has 1 aromatic heterocycles. The van der Waals surface area contributed by atoms with E-state index in [0.717, 1.165) is 0 Å². The Morgan fingerprint density at radius 1 is 1.53 bits per heavy atom. The van der Waals surface area contributed by atoms with Crippen LogP contribution in [0.4, 0.5) is 4.79 Å². The summed E-state index contributed by atoms with van der Waals surface area (Å²) in [6, 6.07) is -0.562. The number of urea groups is 1. The number of rotatable bonds is 5. The highest BCUT2D eigenvalue weighted by Crippen LogP contribution is 1.92. The van der Waals surface area contributed by atoms with Crippen LogP contribution in [0.15, 0.2) is 12.4 Å². The Labute approximate surface area is 97.3 Å². The van der Waals surface area contributed by atoms with Crippen molar-refractivity contribution >= 4 is 12.0 Å². The Morgan fingerprint density at radius 3 is 2.76 bits per heavy atom. The van der Waals surface area contributed by atoms with E-state index in [9.17, 15) is 9.59 Å². The van der Waals surface area contributed by atoms with Crippen molar-refractivity contribution in [1.82, 2.24) is 20.2 Å². The summed E-state index contributed by atoms with van der Waals surface area (Å²) in [5.74, 6) is -0.715. The highest BCUT2D eigenvalue weighted by molar-refractivity contribution is 5.76. The first-order valence-corrected chi connectivity index (χ1v) is 4.89. The van der Waals surface area contributed by atoms with Gasteiger partial charge < -0.3 is 25.4 Å². The second-order valence-electron chi connectivity index (χ2n) is 3.37. The zero-order chi connectivity index (χ0) is 12.8. The number of nitrogens with one attached hydrogen (secondary N) is 2. The lowest BCUT2D eigenvalue weighted by Gasteiger charge is -2.09. The van der Waals surface area contributed by atoms with Gasteiger partial charge in [-0.25, -0.2) is 14.6 Å². The summed E-state index contributed by atoms with van der Waals surface area (Å²) in [5, 5.41) is 22.0. The minimum absolute atomic E-state index is 0.221. The molecule has 1 rings (SSSR count). The average Bonchev–Trinajstić information content (AvgIpc) is 2.68. The molecule has 0 fully saturated rings. The van der Waals surface area contributed by atoms with Crippen molar-refractivity contribution in [2.75, 3.05) is 6.54 Å². The lowest BCUT2D eigenvalue weighted by molar-refractivity contribution is -0.146. The average molecular weight is 242 g/mol. The quantitative estimate of drug-likeness (QED) is 0.510. The van der Waals surface area contributed by atoms with Crippen LogP contribution in [0.5, 0.6) is 0 Å². The maximum atomic E-state index is 11.2. The van der Waals surface area contributed by atoms with Gasteiger partial charge in [-0.3, -0.25) is 0 Å². The first-order chi connectivity index (χ1) is 8.00. The van der Waals surface area contributed by atoms with Crippen LogP contribution in [0.25, 0.3) is 0 Å². The van der Waals surface area contributed by atoms with Crippen molar-refractivity contribution in [3.63, 3.8) is 0 Å². The minimum atomic E-state index is -1.60. The molecule has 8 heteroatoms. The van der Waals surface area contributed by atoms with Gasteiger partial charge in [0.15, 0.2) is 6.10 Å². The number of hydrogen-bond donors (Lipinski definition) is 4. The van der Waals surface area contributed by atoms with E-state index < -0.39 is 18.1 Å². The summed E-state index contributed by atoms with van der Waals surface area (Å²) < 4.78 is 1.74. The molecule has 0 aliphatic heterocycles. The molecule has 1 unspecified atom stereocenters. The van der Waals surface area contributed by atoms with Crippen molar-refractivity contribution in [3.8, 4) is 0 Å². The highest BCUT2D eigenvalue weighted by Gasteiger charge is 2.13. The van der Waals surface area contributed by atoms with E-state index in [-0.39, 0.29) is 13.1 Å². The van der Waals surface area contributed by atoms with Gasteiger partial charge in [-0.1, -0.05) is 0 Å². The molecule has 1 heterocycles. The normalized spacial score (nSPS) is 11.9. The largest absolute Gasteiger partial charge is 0.479 e. The van der Waals surface area contributed by atoms with E-state index in [1.165, 1.54) is 0 Å². The number of carboxylic acid groups (broad SMARTS) is 1. The second kappa shape index (κ2) is 5.85.